The molecule has 0 radical (unpaired) electrons. The van der Waals surface area contributed by atoms with E-state index in [1.807, 2.05) is 61.2 Å². The van der Waals surface area contributed by atoms with Gasteiger partial charge in [0.05, 0.1) is 17.0 Å². The van der Waals surface area contributed by atoms with Crippen LogP contribution in [0.25, 0.3) is 17.3 Å². The lowest BCUT2D eigenvalue weighted by atomic mass is 10.0. The maximum absolute atomic E-state index is 12.5. The molecule has 1 fully saturated rings. The van der Waals surface area contributed by atoms with Gasteiger partial charge >= 0.3 is 0 Å². The van der Waals surface area contributed by atoms with E-state index in [-0.39, 0.29) is 5.91 Å². The number of carbonyl (C=O) groups is 1. The van der Waals surface area contributed by atoms with Crippen LogP contribution in [0.15, 0.2) is 53.3 Å². The first kappa shape index (κ1) is 19.1. The largest absolute Gasteiger partial charge is 0.361 e. The highest BCUT2D eigenvalue weighted by Gasteiger charge is 2.26. The summed E-state index contributed by atoms with van der Waals surface area (Å²) in [6.45, 7) is 5.34. The Morgan fingerprint density at radius 3 is 2.83 bits per heavy atom. The van der Waals surface area contributed by atoms with Gasteiger partial charge in [0, 0.05) is 24.9 Å². The van der Waals surface area contributed by atoms with Crippen molar-refractivity contribution < 1.29 is 9.32 Å². The summed E-state index contributed by atoms with van der Waals surface area (Å²) in [5.74, 6) is 1.22. The van der Waals surface area contributed by atoms with E-state index in [9.17, 15) is 4.79 Å². The third-order valence-corrected chi connectivity index (χ3v) is 5.33. The van der Waals surface area contributed by atoms with Crippen LogP contribution in [0.4, 0.5) is 0 Å². The topological polar surface area (TPSA) is 72.1 Å². The molecule has 29 heavy (non-hydrogen) atoms. The molecule has 0 spiro atoms. The molecule has 0 bridgehead atoms. The monoisotopic (exact) mass is 388 g/mol. The standard InChI is InChI=1S/C23H24N4O2/c1-16-23(17(2)29-26-16)21-13-20(24-15-25-21)12-19-10-11-27(14-19)22(28)9-8-18-6-4-3-5-7-18/h3-9,13,15,19H,10-12,14H2,1-2H3/b9-8+/t19-/m0/s1. The molecular weight excluding hydrogens is 364 g/mol. The number of aromatic nitrogens is 3. The second kappa shape index (κ2) is 8.39. The first-order valence-corrected chi connectivity index (χ1v) is 9.86. The normalized spacial score (nSPS) is 16.6. The van der Waals surface area contributed by atoms with Crippen molar-refractivity contribution in [2.24, 2.45) is 5.92 Å². The van der Waals surface area contributed by atoms with Crippen molar-refractivity contribution >= 4 is 12.0 Å². The van der Waals surface area contributed by atoms with Crippen LogP contribution in [0, 0.1) is 19.8 Å². The maximum atomic E-state index is 12.5. The number of benzene rings is 1. The molecule has 1 atom stereocenters. The van der Waals surface area contributed by atoms with Crippen LogP contribution in [0.3, 0.4) is 0 Å². The van der Waals surface area contributed by atoms with Gasteiger partial charge in [0.2, 0.25) is 5.91 Å². The molecule has 3 aromatic rings. The fourth-order valence-corrected chi connectivity index (χ4v) is 3.83. The molecule has 6 nitrogen and oxygen atoms in total. The molecule has 1 aliphatic rings. The first-order chi connectivity index (χ1) is 14.1. The second-order valence-electron chi connectivity index (χ2n) is 7.48. The number of aryl methyl sites for hydroxylation is 2. The van der Waals surface area contributed by atoms with Crippen molar-refractivity contribution in [1.82, 2.24) is 20.0 Å². The zero-order valence-corrected chi connectivity index (χ0v) is 16.7. The fourth-order valence-electron chi connectivity index (χ4n) is 3.83. The Balaban J connectivity index is 1.39. The molecule has 1 saturated heterocycles. The predicted octanol–water partition coefficient (Wildman–Crippen LogP) is 3.85. The fraction of sp³-hybridized carbons (Fsp3) is 0.304. The minimum absolute atomic E-state index is 0.0652. The zero-order chi connectivity index (χ0) is 20.2. The van der Waals surface area contributed by atoms with Crippen molar-refractivity contribution in [2.45, 2.75) is 26.7 Å². The van der Waals surface area contributed by atoms with E-state index in [1.165, 1.54) is 0 Å². The lowest BCUT2D eigenvalue weighted by Gasteiger charge is -2.14. The molecule has 0 saturated carbocycles. The molecule has 6 heteroatoms. The van der Waals surface area contributed by atoms with Gasteiger partial charge < -0.3 is 9.42 Å². The Hall–Kier alpha value is -3.28. The molecule has 2 aromatic heterocycles. The molecule has 1 aromatic carbocycles. The molecule has 3 heterocycles. The van der Waals surface area contributed by atoms with Gasteiger partial charge in [-0.15, -0.1) is 0 Å². The number of rotatable bonds is 5. The van der Waals surface area contributed by atoms with Crippen LogP contribution in [-0.2, 0) is 11.2 Å². The van der Waals surface area contributed by atoms with Crippen LogP contribution in [0.1, 0.15) is 29.1 Å². The lowest BCUT2D eigenvalue weighted by Crippen LogP contribution is -2.27. The second-order valence-corrected chi connectivity index (χ2v) is 7.48. The summed E-state index contributed by atoms with van der Waals surface area (Å²) in [5, 5.41) is 4.01. The minimum atomic E-state index is 0.0652. The number of carbonyl (C=O) groups excluding carboxylic acids is 1. The van der Waals surface area contributed by atoms with Gasteiger partial charge in [-0.1, -0.05) is 35.5 Å². The van der Waals surface area contributed by atoms with E-state index in [1.54, 1.807) is 12.4 Å². The summed E-state index contributed by atoms with van der Waals surface area (Å²) in [7, 11) is 0. The van der Waals surface area contributed by atoms with Crippen LogP contribution in [0.5, 0.6) is 0 Å². The van der Waals surface area contributed by atoms with E-state index in [0.29, 0.717) is 5.92 Å². The van der Waals surface area contributed by atoms with E-state index in [4.69, 9.17) is 4.52 Å². The Labute approximate surface area is 170 Å². The molecular formula is C23H24N4O2. The van der Waals surface area contributed by atoms with Crippen molar-refractivity contribution in [3.8, 4) is 11.3 Å². The highest BCUT2D eigenvalue weighted by molar-refractivity contribution is 5.91. The SMILES string of the molecule is Cc1noc(C)c1-c1cc(C[C@@H]2CCN(C(=O)/C=C/c3ccccc3)C2)ncn1. The predicted molar refractivity (Wildman–Crippen MR) is 111 cm³/mol. The van der Waals surface area contributed by atoms with E-state index in [0.717, 1.165) is 59.9 Å². The summed E-state index contributed by atoms with van der Waals surface area (Å²) in [4.78, 5) is 23.2. The van der Waals surface area contributed by atoms with E-state index < -0.39 is 0 Å². The van der Waals surface area contributed by atoms with Crippen LogP contribution < -0.4 is 0 Å². The maximum Gasteiger partial charge on any atom is 0.246 e. The number of hydrogen-bond donors (Lipinski definition) is 0. The average Bonchev–Trinajstić information content (AvgIpc) is 3.33. The zero-order valence-electron chi connectivity index (χ0n) is 16.7. The van der Waals surface area contributed by atoms with E-state index >= 15 is 0 Å². The van der Waals surface area contributed by atoms with Gasteiger partial charge in [-0.25, -0.2) is 9.97 Å². The molecule has 4 rings (SSSR count). The highest BCUT2D eigenvalue weighted by Crippen LogP contribution is 2.26. The van der Waals surface area contributed by atoms with Crippen LogP contribution >= 0.6 is 0 Å². The Morgan fingerprint density at radius 1 is 1.24 bits per heavy atom. The average molecular weight is 388 g/mol. The summed E-state index contributed by atoms with van der Waals surface area (Å²) >= 11 is 0. The van der Waals surface area contributed by atoms with Gasteiger partial charge in [0.1, 0.15) is 12.1 Å². The van der Waals surface area contributed by atoms with Crippen molar-refractivity contribution in [2.75, 3.05) is 13.1 Å². The smallest absolute Gasteiger partial charge is 0.246 e. The highest BCUT2D eigenvalue weighted by atomic mass is 16.5. The van der Waals surface area contributed by atoms with Gasteiger partial charge in [0.15, 0.2) is 0 Å². The Morgan fingerprint density at radius 2 is 2.07 bits per heavy atom. The quantitative estimate of drug-likeness (QED) is 0.621. The first-order valence-electron chi connectivity index (χ1n) is 9.86. The molecule has 1 aliphatic heterocycles. The molecule has 1 amide bonds. The number of likely N-dealkylation sites (tertiary alicyclic amines) is 1. The lowest BCUT2D eigenvalue weighted by molar-refractivity contribution is -0.125. The number of hydrogen-bond acceptors (Lipinski definition) is 5. The van der Waals surface area contributed by atoms with Gasteiger partial charge in [-0.05, 0) is 50.3 Å². The molecule has 0 aliphatic carbocycles. The number of amides is 1. The van der Waals surface area contributed by atoms with Gasteiger partial charge in [-0.2, -0.15) is 0 Å². The molecule has 148 valence electrons. The van der Waals surface area contributed by atoms with Crippen molar-refractivity contribution in [1.29, 1.82) is 0 Å². The Bertz CT molecular complexity index is 1010. The third-order valence-electron chi connectivity index (χ3n) is 5.33. The van der Waals surface area contributed by atoms with Gasteiger partial charge in [0.25, 0.3) is 0 Å². The van der Waals surface area contributed by atoms with Crippen molar-refractivity contribution in [3.05, 3.63) is 71.5 Å². The van der Waals surface area contributed by atoms with Gasteiger partial charge in [-0.3, -0.25) is 4.79 Å². The Kier molecular flexibility index (Phi) is 5.51. The van der Waals surface area contributed by atoms with E-state index in [2.05, 4.69) is 15.1 Å². The molecule has 0 unspecified atom stereocenters. The minimum Gasteiger partial charge on any atom is -0.361 e. The number of nitrogens with zero attached hydrogens (tertiary/aromatic N) is 4. The summed E-state index contributed by atoms with van der Waals surface area (Å²) < 4.78 is 5.26. The third kappa shape index (κ3) is 4.42. The van der Waals surface area contributed by atoms with Crippen LogP contribution in [0.2, 0.25) is 0 Å². The van der Waals surface area contributed by atoms with Crippen molar-refractivity contribution in [3.63, 3.8) is 0 Å². The summed E-state index contributed by atoms with van der Waals surface area (Å²) in [5.41, 5.74) is 4.61. The summed E-state index contributed by atoms with van der Waals surface area (Å²) in [6, 6.07) is 11.9. The summed E-state index contributed by atoms with van der Waals surface area (Å²) in [6.07, 6.45) is 6.94. The molecule has 0 N–H and O–H groups in total. The van der Waals surface area contributed by atoms with Crippen LogP contribution in [-0.4, -0.2) is 39.0 Å².